The summed E-state index contributed by atoms with van der Waals surface area (Å²) in [5, 5.41) is 13.5. The summed E-state index contributed by atoms with van der Waals surface area (Å²) in [6.45, 7) is 3.37. The average Bonchev–Trinajstić information content (AvgIpc) is 3.83. The molecule has 0 amide bonds. The first kappa shape index (κ1) is 44.0. The molecular formula is C41H63FN5O6P. The predicted molar refractivity (Wildman–Crippen MR) is 210 cm³/mol. The molecule has 0 spiro atoms. The van der Waals surface area contributed by atoms with Crippen molar-refractivity contribution in [2.45, 2.75) is 154 Å². The van der Waals surface area contributed by atoms with Gasteiger partial charge in [-0.05, 0) is 55.2 Å². The second-order valence-electron chi connectivity index (χ2n) is 14.5. The summed E-state index contributed by atoms with van der Waals surface area (Å²) in [5.41, 5.74) is 8.34. The lowest BCUT2D eigenvalue weighted by molar-refractivity contribution is -0.0493. The Bertz CT molecular complexity index is 1510. The second-order valence-corrected chi connectivity index (χ2v) is 15.5. The van der Waals surface area contributed by atoms with E-state index in [1.165, 1.54) is 115 Å². The van der Waals surface area contributed by atoms with Crippen LogP contribution in [0.1, 0.15) is 152 Å². The lowest BCUT2D eigenvalue weighted by atomic mass is 10.0. The summed E-state index contributed by atoms with van der Waals surface area (Å²) in [6.07, 6.45) is 24.4. The van der Waals surface area contributed by atoms with E-state index in [9.17, 15) is 14.5 Å². The quantitative estimate of drug-likeness (QED) is 0.0496. The molecule has 1 aromatic carbocycles. The molecule has 300 valence electrons. The van der Waals surface area contributed by atoms with Gasteiger partial charge in [0.1, 0.15) is 29.9 Å². The number of benzene rings is 1. The van der Waals surface area contributed by atoms with Crippen LogP contribution in [0.3, 0.4) is 0 Å². The van der Waals surface area contributed by atoms with Gasteiger partial charge < -0.3 is 33.9 Å². The van der Waals surface area contributed by atoms with Crippen molar-refractivity contribution in [2.75, 3.05) is 32.2 Å². The van der Waals surface area contributed by atoms with E-state index >= 15 is 0 Å². The molecule has 4 unspecified atom stereocenters. The van der Waals surface area contributed by atoms with Gasteiger partial charge in [-0.2, -0.15) is 10.4 Å². The van der Waals surface area contributed by atoms with Crippen LogP contribution < -0.4 is 5.73 Å². The van der Waals surface area contributed by atoms with Crippen LogP contribution in [0, 0.1) is 17.1 Å². The molecule has 2 aromatic heterocycles. The van der Waals surface area contributed by atoms with Crippen LogP contribution in [0.25, 0.3) is 5.52 Å². The zero-order valence-corrected chi connectivity index (χ0v) is 33.2. The molecule has 3 N–H and O–H groups in total. The first-order valence-corrected chi connectivity index (χ1v) is 21.5. The molecule has 0 bridgehead atoms. The number of unbranched alkanes of at least 4 members (excludes halogenated alkanes) is 16. The average molecular weight is 772 g/mol. The molecule has 3 heterocycles. The Hall–Kier alpha value is -2.75. The zero-order chi connectivity index (χ0) is 38.2. The number of hydrogen-bond acceptors (Lipinski definition) is 10. The van der Waals surface area contributed by atoms with Crippen molar-refractivity contribution in [3.05, 3.63) is 59.3 Å². The monoisotopic (exact) mass is 771 g/mol. The fourth-order valence-corrected chi connectivity index (χ4v) is 7.56. The number of aromatic nitrogens is 3. The molecular weight excluding hydrogens is 708 g/mol. The van der Waals surface area contributed by atoms with Crippen molar-refractivity contribution in [1.82, 2.24) is 14.6 Å². The molecule has 54 heavy (non-hydrogen) atoms. The van der Waals surface area contributed by atoms with Gasteiger partial charge in [0, 0.05) is 6.61 Å². The van der Waals surface area contributed by atoms with Gasteiger partial charge >= 0.3 is 8.60 Å². The highest BCUT2D eigenvalue weighted by molar-refractivity contribution is 7.40. The summed E-state index contributed by atoms with van der Waals surface area (Å²) >= 11 is 0. The molecule has 4 rings (SSSR count). The number of halogens is 1. The number of hydrogen-bond donors (Lipinski definition) is 2. The van der Waals surface area contributed by atoms with Gasteiger partial charge in [0.05, 0.1) is 49.9 Å². The third kappa shape index (κ3) is 16.5. The van der Waals surface area contributed by atoms with Crippen molar-refractivity contribution in [1.29, 1.82) is 5.26 Å². The SMILES string of the molecule is CCCCCCCCCCCCCCCCCCCOCC(COP(O)OCC1CCC(c2ccc3c(N)ncnn23)O1)OCc1cc(F)cc(C#N)c1. The molecule has 1 fully saturated rings. The van der Waals surface area contributed by atoms with E-state index in [4.69, 9.17) is 29.0 Å². The second kappa shape index (κ2) is 26.2. The lowest BCUT2D eigenvalue weighted by Gasteiger charge is -2.20. The van der Waals surface area contributed by atoms with E-state index in [1.54, 1.807) is 10.6 Å². The van der Waals surface area contributed by atoms with Crippen LogP contribution in [-0.2, 0) is 29.9 Å². The van der Waals surface area contributed by atoms with Crippen molar-refractivity contribution in [3.8, 4) is 6.07 Å². The van der Waals surface area contributed by atoms with Gasteiger partial charge in [0.2, 0.25) is 0 Å². The fraction of sp³-hybridized carbons (Fsp3) is 0.683. The van der Waals surface area contributed by atoms with Gasteiger partial charge in [-0.3, -0.25) is 0 Å². The first-order chi connectivity index (χ1) is 26.5. The van der Waals surface area contributed by atoms with Crippen LogP contribution in [0.5, 0.6) is 0 Å². The van der Waals surface area contributed by atoms with Crippen LogP contribution in [0.2, 0.25) is 0 Å². The molecule has 1 aliphatic rings. The van der Waals surface area contributed by atoms with Gasteiger partial charge in [0.15, 0.2) is 5.82 Å². The highest BCUT2D eigenvalue weighted by atomic mass is 31.2. The number of nitrogens with two attached hydrogens (primary N) is 1. The Morgan fingerprint density at radius 1 is 0.926 bits per heavy atom. The Labute approximate surface area is 323 Å². The number of ether oxygens (including phenoxy) is 3. The summed E-state index contributed by atoms with van der Waals surface area (Å²) in [4.78, 5) is 14.6. The summed E-state index contributed by atoms with van der Waals surface area (Å²) in [7, 11) is -2.20. The predicted octanol–water partition coefficient (Wildman–Crippen LogP) is 10.0. The molecule has 1 saturated heterocycles. The number of nitrogens with zero attached hydrogens (tertiary/aromatic N) is 4. The Balaban J connectivity index is 1.08. The van der Waals surface area contributed by atoms with Crippen LogP contribution in [0.15, 0.2) is 36.7 Å². The highest BCUT2D eigenvalue weighted by Crippen LogP contribution is 2.38. The minimum Gasteiger partial charge on any atom is -0.382 e. The summed E-state index contributed by atoms with van der Waals surface area (Å²) in [5.74, 6) is -0.0927. The van der Waals surface area contributed by atoms with E-state index in [-0.39, 0.29) is 44.2 Å². The molecule has 11 nitrogen and oxygen atoms in total. The van der Waals surface area contributed by atoms with Gasteiger partial charge in [-0.1, -0.05) is 110 Å². The third-order valence-corrected chi connectivity index (χ3v) is 10.7. The topological polar surface area (TPSA) is 146 Å². The summed E-state index contributed by atoms with van der Waals surface area (Å²) < 4.78 is 45.2. The molecule has 1 aliphatic heterocycles. The Morgan fingerprint density at radius 3 is 2.26 bits per heavy atom. The van der Waals surface area contributed by atoms with E-state index in [2.05, 4.69) is 17.0 Å². The molecule has 3 aromatic rings. The van der Waals surface area contributed by atoms with Gasteiger partial charge in [-0.15, -0.1) is 0 Å². The van der Waals surface area contributed by atoms with Gasteiger partial charge in [0.25, 0.3) is 0 Å². The molecule has 0 saturated carbocycles. The largest absolute Gasteiger partial charge is 0.382 e. The molecule has 0 aliphatic carbocycles. The van der Waals surface area contributed by atoms with Crippen molar-refractivity contribution in [3.63, 3.8) is 0 Å². The highest BCUT2D eigenvalue weighted by Gasteiger charge is 2.30. The number of nitriles is 1. The van der Waals surface area contributed by atoms with Crippen molar-refractivity contribution >= 4 is 19.9 Å². The van der Waals surface area contributed by atoms with Gasteiger partial charge in [-0.25, -0.2) is 13.9 Å². The Kier molecular flexibility index (Phi) is 21.3. The lowest BCUT2D eigenvalue weighted by Crippen LogP contribution is -2.25. The maximum Gasteiger partial charge on any atom is 0.330 e. The summed E-state index contributed by atoms with van der Waals surface area (Å²) in [6, 6.07) is 9.89. The zero-order valence-electron chi connectivity index (χ0n) is 32.3. The molecule has 4 atom stereocenters. The van der Waals surface area contributed by atoms with E-state index in [0.717, 1.165) is 36.9 Å². The molecule has 0 radical (unpaired) electrons. The number of rotatable bonds is 30. The van der Waals surface area contributed by atoms with E-state index in [0.29, 0.717) is 18.0 Å². The number of nitrogen functional groups attached to an aromatic ring is 1. The van der Waals surface area contributed by atoms with Crippen molar-refractivity contribution in [2.24, 2.45) is 0 Å². The maximum atomic E-state index is 14.0. The minimum atomic E-state index is -2.20. The van der Waals surface area contributed by atoms with Crippen LogP contribution in [-0.4, -0.2) is 58.1 Å². The standard InChI is InChI=1S/C41H63FN5O6P/c1-2-3-4-5-6-7-8-9-10-11-12-13-14-15-16-17-18-23-49-29-37(50-28-34-24-33(27-43)25-35(42)26-34)31-52-54(48)51-30-36-19-22-40(53-36)38-20-21-39-41(44)45-32-46-47(38)39/h20-21,24-26,32,36-37,40,48H,2-19,22-23,28-31H2,1H3,(H2,44,45,46). The fourth-order valence-electron chi connectivity index (χ4n) is 6.89. The minimum absolute atomic E-state index is 0.0209. The Morgan fingerprint density at radius 2 is 1.59 bits per heavy atom. The van der Waals surface area contributed by atoms with Crippen LogP contribution >= 0.6 is 8.60 Å². The maximum absolute atomic E-state index is 14.0. The normalized spacial score (nSPS) is 16.9. The van der Waals surface area contributed by atoms with Crippen molar-refractivity contribution < 1.29 is 32.5 Å². The smallest absolute Gasteiger partial charge is 0.330 e. The van der Waals surface area contributed by atoms with E-state index in [1.807, 2.05) is 18.2 Å². The number of anilines is 1. The van der Waals surface area contributed by atoms with Crippen LogP contribution in [0.4, 0.5) is 10.2 Å². The van der Waals surface area contributed by atoms with E-state index < -0.39 is 20.5 Å². The first-order valence-electron chi connectivity index (χ1n) is 20.3. The number of fused-ring (bicyclic) bond motifs is 1. The molecule has 13 heteroatoms. The third-order valence-electron chi connectivity index (χ3n) is 9.96.